The van der Waals surface area contributed by atoms with E-state index in [1.165, 1.54) is 6.20 Å². The predicted octanol–water partition coefficient (Wildman–Crippen LogP) is 1.14. The van der Waals surface area contributed by atoms with Crippen LogP contribution in [0.4, 0.5) is 0 Å². The topological polar surface area (TPSA) is 79.8 Å². The lowest BCUT2D eigenvalue weighted by atomic mass is 9.94. The quantitative estimate of drug-likeness (QED) is 0.737. The molecule has 3 rings (SSSR count). The maximum Gasteiger partial charge on any atom is 0.225 e. The average molecular weight is 359 g/mol. The van der Waals surface area contributed by atoms with Gasteiger partial charge in [0.05, 0.1) is 13.2 Å². The Morgan fingerprint density at radius 3 is 2.42 bits per heavy atom. The molecule has 7 nitrogen and oxygen atoms in total. The fourth-order valence-corrected chi connectivity index (χ4v) is 3.47. The summed E-state index contributed by atoms with van der Waals surface area (Å²) in [4.78, 5) is 44.5. The lowest BCUT2D eigenvalue weighted by Gasteiger charge is -2.35. The minimum absolute atomic E-state index is 0.00539. The van der Waals surface area contributed by atoms with Crippen molar-refractivity contribution in [3.05, 3.63) is 30.1 Å². The molecule has 0 N–H and O–H groups in total. The number of aromatic nitrogens is 1. The number of amides is 2. The summed E-state index contributed by atoms with van der Waals surface area (Å²) in [5.74, 6) is 0.102. The predicted molar refractivity (Wildman–Crippen MR) is 94.5 cm³/mol. The van der Waals surface area contributed by atoms with Gasteiger partial charge in [0.1, 0.15) is 0 Å². The molecule has 3 heterocycles. The molecule has 0 bridgehead atoms. The molecule has 0 atom stereocenters. The average Bonchev–Trinajstić information content (AvgIpc) is 2.72. The van der Waals surface area contributed by atoms with E-state index in [4.69, 9.17) is 4.74 Å². The number of nitrogens with zero attached hydrogens (tertiary/aromatic N) is 3. The van der Waals surface area contributed by atoms with Crippen LogP contribution in [0.1, 0.15) is 36.0 Å². The summed E-state index contributed by atoms with van der Waals surface area (Å²) in [5.41, 5.74) is 0.537. The molecule has 0 saturated carbocycles. The number of pyridine rings is 1. The Labute approximate surface area is 153 Å². The van der Waals surface area contributed by atoms with Gasteiger partial charge in [-0.05, 0) is 25.0 Å². The highest BCUT2D eigenvalue weighted by atomic mass is 16.5. The van der Waals surface area contributed by atoms with E-state index in [0.717, 1.165) is 0 Å². The number of likely N-dealkylation sites (tertiary alicyclic amines) is 1. The summed E-state index contributed by atoms with van der Waals surface area (Å²) in [6.45, 7) is 3.70. The van der Waals surface area contributed by atoms with Gasteiger partial charge in [-0.3, -0.25) is 19.4 Å². The molecule has 2 aliphatic heterocycles. The molecule has 26 heavy (non-hydrogen) atoms. The summed E-state index contributed by atoms with van der Waals surface area (Å²) in [7, 11) is 0. The Morgan fingerprint density at radius 2 is 1.77 bits per heavy atom. The molecule has 2 saturated heterocycles. The third-order valence-corrected chi connectivity index (χ3v) is 5.07. The van der Waals surface area contributed by atoms with E-state index >= 15 is 0 Å². The second-order valence-corrected chi connectivity index (χ2v) is 6.76. The molecule has 0 radical (unpaired) electrons. The van der Waals surface area contributed by atoms with E-state index in [1.807, 2.05) is 4.90 Å². The summed E-state index contributed by atoms with van der Waals surface area (Å²) >= 11 is 0. The first-order chi connectivity index (χ1) is 12.6. The molecule has 2 fully saturated rings. The fourth-order valence-electron chi connectivity index (χ4n) is 3.47. The highest BCUT2D eigenvalue weighted by molar-refractivity contribution is 5.97. The smallest absolute Gasteiger partial charge is 0.225 e. The lowest BCUT2D eigenvalue weighted by Crippen LogP contribution is -2.47. The third kappa shape index (κ3) is 4.66. The van der Waals surface area contributed by atoms with Gasteiger partial charge in [-0.15, -0.1) is 0 Å². The van der Waals surface area contributed by atoms with Crippen LogP contribution in [0.15, 0.2) is 24.5 Å². The molecule has 0 aromatic carbocycles. The van der Waals surface area contributed by atoms with Crippen LogP contribution in [0, 0.1) is 5.92 Å². The van der Waals surface area contributed by atoms with Gasteiger partial charge >= 0.3 is 0 Å². The van der Waals surface area contributed by atoms with Crippen LogP contribution in [0.3, 0.4) is 0 Å². The Balaban J connectivity index is 1.42. The first-order valence-corrected chi connectivity index (χ1v) is 9.22. The van der Waals surface area contributed by atoms with Gasteiger partial charge in [-0.25, -0.2) is 0 Å². The minimum Gasteiger partial charge on any atom is -0.378 e. The van der Waals surface area contributed by atoms with Crippen LogP contribution in [-0.4, -0.2) is 71.8 Å². The number of rotatable bonds is 5. The van der Waals surface area contributed by atoms with Gasteiger partial charge in [0.15, 0.2) is 5.78 Å². The van der Waals surface area contributed by atoms with Crippen molar-refractivity contribution < 1.29 is 19.1 Å². The van der Waals surface area contributed by atoms with Crippen molar-refractivity contribution in [3.8, 4) is 0 Å². The number of hydrogen-bond donors (Lipinski definition) is 0. The SMILES string of the molecule is O=C(CCC(=O)N1CCC(C(=O)N2CCOCC2)CC1)c1cccnc1. The largest absolute Gasteiger partial charge is 0.378 e. The first kappa shape index (κ1) is 18.5. The molecule has 2 amide bonds. The molecular weight excluding hydrogens is 334 g/mol. The number of Topliss-reactive ketones (excluding diaryl/α,β-unsaturated/α-hetero) is 1. The van der Waals surface area contributed by atoms with Crippen molar-refractivity contribution in [2.45, 2.75) is 25.7 Å². The zero-order valence-electron chi connectivity index (χ0n) is 14.9. The van der Waals surface area contributed by atoms with Gasteiger partial charge in [0.2, 0.25) is 11.8 Å². The Morgan fingerprint density at radius 1 is 1.04 bits per heavy atom. The molecule has 1 aromatic rings. The van der Waals surface area contributed by atoms with Crippen molar-refractivity contribution in [2.24, 2.45) is 5.92 Å². The van der Waals surface area contributed by atoms with E-state index in [0.29, 0.717) is 57.8 Å². The van der Waals surface area contributed by atoms with Crippen molar-refractivity contribution in [3.63, 3.8) is 0 Å². The van der Waals surface area contributed by atoms with Crippen LogP contribution in [0.5, 0.6) is 0 Å². The summed E-state index contributed by atoms with van der Waals surface area (Å²) < 4.78 is 5.29. The van der Waals surface area contributed by atoms with Gasteiger partial charge in [-0.2, -0.15) is 0 Å². The van der Waals surface area contributed by atoms with Crippen molar-refractivity contribution in [1.29, 1.82) is 0 Å². The highest BCUT2D eigenvalue weighted by Gasteiger charge is 2.30. The van der Waals surface area contributed by atoms with Crippen LogP contribution in [0.2, 0.25) is 0 Å². The number of ether oxygens (including phenoxy) is 1. The van der Waals surface area contributed by atoms with Crippen molar-refractivity contribution in [1.82, 2.24) is 14.8 Å². The molecule has 0 aliphatic carbocycles. The number of carbonyl (C=O) groups excluding carboxylic acids is 3. The van der Waals surface area contributed by atoms with Gasteiger partial charge in [0.25, 0.3) is 0 Å². The monoisotopic (exact) mass is 359 g/mol. The summed E-state index contributed by atoms with van der Waals surface area (Å²) in [6.07, 6.45) is 4.92. The maximum absolute atomic E-state index is 12.5. The van der Waals surface area contributed by atoms with E-state index in [9.17, 15) is 14.4 Å². The molecule has 140 valence electrons. The normalized spacial score (nSPS) is 18.6. The molecule has 0 unspecified atom stereocenters. The zero-order valence-corrected chi connectivity index (χ0v) is 14.9. The number of hydrogen-bond acceptors (Lipinski definition) is 5. The molecule has 7 heteroatoms. The number of piperidine rings is 1. The highest BCUT2D eigenvalue weighted by Crippen LogP contribution is 2.21. The molecular formula is C19H25N3O4. The molecule has 2 aliphatic rings. The van der Waals surface area contributed by atoms with Crippen molar-refractivity contribution >= 4 is 17.6 Å². The van der Waals surface area contributed by atoms with E-state index < -0.39 is 0 Å². The number of ketones is 1. The molecule has 1 aromatic heterocycles. The van der Waals surface area contributed by atoms with E-state index in [-0.39, 0.29) is 36.4 Å². The van der Waals surface area contributed by atoms with Crippen LogP contribution in [0.25, 0.3) is 0 Å². The van der Waals surface area contributed by atoms with Gasteiger partial charge < -0.3 is 14.5 Å². The van der Waals surface area contributed by atoms with Crippen LogP contribution in [-0.2, 0) is 14.3 Å². The first-order valence-electron chi connectivity index (χ1n) is 9.22. The second-order valence-electron chi connectivity index (χ2n) is 6.76. The minimum atomic E-state index is -0.0659. The second kappa shape index (κ2) is 8.89. The van der Waals surface area contributed by atoms with Crippen molar-refractivity contribution in [2.75, 3.05) is 39.4 Å². The third-order valence-electron chi connectivity index (χ3n) is 5.07. The Kier molecular flexibility index (Phi) is 6.33. The zero-order chi connectivity index (χ0) is 18.4. The Hall–Kier alpha value is -2.28. The van der Waals surface area contributed by atoms with Crippen LogP contribution >= 0.6 is 0 Å². The molecule has 0 spiro atoms. The van der Waals surface area contributed by atoms with E-state index in [1.54, 1.807) is 23.2 Å². The van der Waals surface area contributed by atoms with E-state index in [2.05, 4.69) is 4.98 Å². The standard InChI is InChI=1S/C19H25N3O4/c23-17(16-2-1-7-20-14-16)3-4-18(24)21-8-5-15(6-9-21)19(25)22-10-12-26-13-11-22/h1-2,7,14-15H,3-6,8-13H2. The number of carbonyl (C=O) groups is 3. The fraction of sp³-hybridized carbons (Fsp3) is 0.579. The van der Waals surface area contributed by atoms with Gasteiger partial charge in [-0.1, -0.05) is 0 Å². The maximum atomic E-state index is 12.5. The van der Waals surface area contributed by atoms with Crippen LogP contribution < -0.4 is 0 Å². The van der Waals surface area contributed by atoms with Gasteiger partial charge in [0, 0.05) is 62.9 Å². The summed E-state index contributed by atoms with van der Waals surface area (Å²) in [6, 6.07) is 3.42. The Bertz CT molecular complexity index is 635. The summed E-state index contributed by atoms with van der Waals surface area (Å²) in [5, 5.41) is 0. The number of morpholine rings is 1. The lowest BCUT2D eigenvalue weighted by molar-refractivity contribution is -0.143.